The largest absolute Gasteiger partial charge is 0.324 e. The van der Waals surface area contributed by atoms with Gasteiger partial charge in [0.05, 0.1) is 16.1 Å². The highest BCUT2D eigenvalue weighted by Crippen LogP contribution is 2.33. The maximum Gasteiger partial charge on any atom is 0.272 e. The summed E-state index contributed by atoms with van der Waals surface area (Å²) in [7, 11) is 0. The molecule has 7 nitrogen and oxygen atoms in total. The second kappa shape index (κ2) is 8.45. The van der Waals surface area contributed by atoms with Crippen molar-refractivity contribution in [2.75, 3.05) is 5.32 Å². The first-order valence-corrected chi connectivity index (χ1v) is 9.56. The summed E-state index contributed by atoms with van der Waals surface area (Å²) in [4.78, 5) is 24.9. The van der Waals surface area contributed by atoms with Gasteiger partial charge in [0.2, 0.25) is 5.91 Å². The van der Waals surface area contributed by atoms with Crippen molar-refractivity contribution < 1.29 is 9.72 Å². The number of carbonyl (C=O) groups is 1. The second-order valence-corrected chi connectivity index (χ2v) is 7.77. The molecule has 0 aliphatic rings. The van der Waals surface area contributed by atoms with E-state index in [4.69, 9.17) is 11.6 Å². The minimum atomic E-state index is -0.625. The van der Waals surface area contributed by atoms with E-state index in [1.165, 1.54) is 41.0 Å². The molecule has 1 N–H and O–H groups in total. The summed E-state index contributed by atoms with van der Waals surface area (Å²) < 4.78 is 1.43. The van der Waals surface area contributed by atoms with Crippen molar-refractivity contribution in [2.45, 2.75) is 29.7 Å². The molecule has 0 aliphatic carbocycles. The molecule has 144 valence electrons. The van der Waals surface area contributed by atoms with Crippen molar-refractivity contribution in [2.24, 2.45) is 0 Å². The van der Waals surface area contributed by atoms with Crippen LogP contribution in [0, 0.1) is 17.0 Å². The van der Waals surface area contributed by atoms with E-state index >= 15 is 0 Å². The Labute approximate surface area is 170 Å². The lowest BCUT2D eigenvalue weighted by Crippen LogP contribution is -2.24. The number of halogens is 1. The molecular weight excluding hydrogens is 400 g/mol. The molecule has 1 unspecified atom stereocenters. The summed E-state index contributed by atoms with van der Waals surface area (Å²) >= 11 is 7.23. The van der Waals surface area contributed by atoms with Gasteiger partial charge in [0.25, 0.3) is 5.69 Å². The third-order valence-corrected chi connectivity index (χ3v) is 5.15. The standard InChI is InChI=1S/C19H17ClN4O3S/c1-12-3-5-17(6-4-12)28-18-8-15(7-16(9-18)24(26)27)22-19(25)13(2)23-11-14(20)10-21-23/h3-11,13H,1-2H3,(H,22,25). The first-order valence-electron chi connectivity index (χ1n) is 8.36. The third kappa shape index (κ3) is 4.90. The fourth-order valence-corrected chi connectivity index (χ4v) is 3.51. The van der Waals surface area contributed by atoms with Crippen LogP contribution in [0.15, 0.2) is 64.6 Å². The number of nitro groups is 1. The Bertz CT molecular complexity index is 1020. The summed E-state index contributed by atoms with van der Waals surface area (Å²) in [6.07, 6.45) is 2.98. The van der Waals surface area contributed by atoms with Crippen molar-refractivity contribution >= 4 is 40.6 Å². The topological polar surface area (TPSA) is 90.1 Å². The van der Waals surface area contributed by atoms with Gasteiger partial charge in [-0.15, -0.1) is 0 Å². The number of nitro benzene ring substituents is 1. The maximum atomic E-state index is 12.5. The molecule has 0 saturated heterocycles. The number of hydrogen-bond acceptors (Lipinski definition) is 5. The molecule has 0 aliphatic heterocycles. The van der Waals surface area contributed by atoms with Gasteiger partial charge < -0.3 is 5.32 Å². The molecule has 0 fully saturated rings. The number of rotatable bonds is 6. The molecule has 1 heterocycles. The number of anilines is 1. The summed E-state index contributed by atoms with van der Waals surface area (Å²) in [5, 5.41) is 18.5. The van der Waals surface area contributed by atoms with Crippen LogP contribution in [0.25, 0.3) is 0 Å². The van der Waals surface area contributed by atoms with Crippen LogP contribution in [0.5, 0.6) is 0 Å². The highest BCUT2D eigenvalue weighted by atomic mass is 35.5. The van der Waals surface area contributed by atoms with Gasteiger partial charge in [-0.3, -0.25) is 19.6 Å². The Morgan fingerprint density at radius 2 is 1.96 bits per heavy atom. The molecule has 0 bridgehead atoms. The predicted molar refractivity (Wildman–Crippen MR) is 109 cm³/mol. The Morgan fingerprint density at radius 1 is 1.25 bits per heavy atom. The van der Waals surface area contributed by atoms with E-state index < -0.39 is 11.0 Å². The second-order valence-electron chi connectivity index (χ2n) is 6.19. The number of nitrogens with zero attached hydrogens (tertiary/aromatic N) is 3. The first kappa shape index (κ1) is 19.9. The quantitative estimate of drug-likeness (QED) is 0.445. The molecule has 0 radical (unpaired) electrons. The van der Waals surface area contributed by atoms with E-state index in [2.05, 4.69) is 10.4 Å². The molecule has 1 aromatic heterocycles. The zero-order valence-electron chi connectivity index (χ0n) is 15.1. The Balaban J connectivity index is 1.83. The maximum absolute atomic E-state index is 12.5. The summed E-state index contributed by atoms with van der Waals surface area (Å²) in [5.41, 5.74) is 1.38. The Hall–Kier alpha value is -2.84. The van der Waals surface area contributed by atoms with Gasteiger partial charge in [0.1, 0.15) is 6.04 Å². The van der Waals surface area contributed by atoms with Crippen LogP contribution in [0.2, 0.25) is 5.02 Å². The number of benzene rings is 2. The fraction of sp³-hybridized carbons (Fsp3) is 0.158. The SMILES string of the molecule is Cc1ccc(Sc2cc(NC(=O)C(C)n3cc(Cl)cn3)cc([N+](=O)[O-])c2)cc1. The number of aromatic nitrogens is 2. The predicted octanol–water partition coefficient (Wildman–Crippen LogP) is 5.10. The summed E-state index contributed by atoms with van der Waals surface area (Å²) in [6.45, 7) is 3.65. The van der Waals surface area contributed by atoms with Crippen molar-refractivity contribution in [3.8, 4) is 0 Å². The van der Waals surface area contributed by atoms with Gasteiger partial charge in [-0.05, 0) is 32.0 Å². The van der Waals surface area contributed by atoms with Crippen LogP contribution in [0.4, 0.5) is 11.4 Å². The van der Waals surface area contributed by atoms with Crippen LogP contribution in [0.3, 0.4) is 0 Å². The van der Waals surface area contributed by atoms with Gasteiger partial charge in [0, 0.05) is 33.8 Å². The lowest BCUT2D eigenvalue weighted by molar-refractivity contribution is -0.385. The van der Waals surface area contributed by atoms with Crippen LogP contribution in [-0.4, -0.2) is 20.6 Å². The van der Waals surface area contributed by atoms with E-state index in [1.54, 1.807) is 13.0 Å². The van der Waals surface area contributed by atoms with E-state index in [-0.39, 0.29) is 11.6 Å². The number of carbonyl (C=O) groups excluding carboxylic acids is 1. The molecule has 28 heavy (non-hydrogen) atoms. The van der Waals surface area contributed by atoms with Gasteiger partial charge >= 0.3 is 0 Å². The van der Waals surface area contributed by atoms with Gasteiger partial charge in [-0.1, -0.05) is 41.1 Å². The summed E-state index contributed by atoms with van der Waals surface area (Å²) in [5.74, 6) is -0.355. The number of hydrogen-bond donors (Lipinski definition) is 1. The molecule has 1 amide bonds. The van der Waals surface area contributed by atoms with Gasteiger partial charge in [-0.25, -0.2) is 0 Å². The number of nitrogens with one attached hydrogen (secondary N) is 1. The first-order chi connectivity index (χ1) is 13.3. The highest BCUT2D eigenvalue weighted by Gasteiger charge is 2.18. The van der Waals surface area contributed by atoms with Crippen LogP contribution < -0.4 is 5.32 Å². The zero-order chi connectivity index (χ0) is 20.3. The smallest absolute Gasteiger partial charge is 0.272 e. The van der Waals surface area contributed by atoms with Crippen molar-refractivity contribution in [1.82, 2.24) is 9.78 Å². The van der Waals surface area contributed by atoms with E-state index in [0.717, 1.165) is 10.5 Å². The molecular formula is C19H17ClN4O3S. The number of non-ortho nitro benzene ring substituents is 1. The van der Waals surface area contributed by atoms with Gasteiger partial charge in [-0.2, -0.15) is 5.10 Å². The molecule has 1 atom stereocenters. The van der Waals surface area contributed by atoms with Crippen LogP contribution in [-0.2, 0) is 4.79 Å². The van der Waals surface area contributed by atoms with Crippen LogP contribution >= 0.6 is 23.4 Å². The van der Waals surface area contributed by atoms with E-state index in [0.29, 0.717) is 15.6 Å². The number of amides is 1. The minimum absolute atomic E-state index is 0.0952. The highest BCUT2D eigenvalue weighted by molar-refractivity contribution is 7.99. The lowest BCUT2D eigenvalue weighted by atomic mass is 10.2. The molecule has 3 rings (SSSR count). The zero-order valence-corrected chi connectivity index (χ0v) is 16.7. The van der Waals surface area contributed by atoms with Crippen molar-refractivity contribution in [3.63, 3.8) is 0 Å². The van der Waals surface area contributed by atoms with Crippen molar-refractivity contribution in [1.29, 1.82) is 0 Å². The molecule has 2 aromatic carbocycles. The monoisotopic (exact) mass is 416 g/mol. The van der Waals surface area contributed by atoms with Crippen molar-refractivity contribution in [3.05, 3.63) is 75.6 Å². The van der Waals surface area contributed by atoms with E-state index in [1.807, 2.05) is 31.2 Å². The Kier molecular flexibility index (Phi) is 6.01. The minimum Gasteiger partial charge on any atom is -0.324 e. The van der Waals surface area contributed by atoms with E-state index in [9.17, 15) is 14.9 Å². The molecule has 0 spiro atoms. The average Bonchev–Trinajstić information content (AvgIpc) is 3.09. The molecule has 9 heteroatoms. The third-order valence-electron chi connectivity index (χ3n) is 3.97. The fourth-order valence-electron chi connectivity index (χ4n) is 2.46. The Morgan fingerprint density at radius 3 is 2.57 bits per heavy atom. The summed E-state index contributed by atoms with van der Waals surface area (Å²) in [6, 6.07) is 11.7. The van der Waals surface area contributed by atoms with Gasteiger partial charge in [0.15, 0.2) is 0 Å². The normalized spacial score (nSPS) is 11.8. The molecule has 0 saturated carbocycles. The lowest BCUT2D eigenvalue weighted by Gasteiger charge is -2.13. The number of aryl methyl sites for hydroxylation is 1. The van der Waals surface area contributed by atoms with Crippen LogP contribution in [0.1, 0.15) is 18.5 Å². The average molecular weight is 417 g/mol. The molecule has 3 aromatic rings.